The molecule has 3 rings (SSSR count). The summed E-state index contributed by atoms with van der Waals surface area (Å²) in [5, 5.41) is 7.27. The SMILES string of the molecule is Cn1cc(-c2ccc(CCNC(=O)C3CC=CCC3)s2)cn1. The molecule has 0 saturated carbocycles. The molecule has 0 aromatic carbocycles. The van der Waals surface area contributed by atoms with Crippen LogP contribution in [0.25, 0.3) is 10.4 Å². The van der Waals surface area contributed by atoms with Gasteiger partial charge in [0.1, 0.15) is 0 Å². The number of amides is 1. The second-order valence-corrected chi connectivity index (χ2v) is 6.86. The minimum atomic E-state index is 0.166. The van der Waals surface area contributed by atoms with E-state index in [-0.39, 0.29) is 11.8 Å². The van der Waals surface area contributed by atoms with E-state index in [1.807, 2.05) is 24.1 Å². The summed E-state index contributed by atoms with van der Waals surface area (Å²) in [5.41, 5.74) is 1.15. The van der Waals surface area contributed by atoms with Gasteiger partial charge in [-0.15, -0.1) is 11.3 Å². The molecule has 0 spiro atoms. The molecule has 0 bridgehead atoms. The highest BCUT2D eigenvalue weighted by Gasteiger charge is 2.17. The van der Waals surface area contributed by atoms with Crippen LogP contribution in [0.2, 0.25) is 0 Å². The standard InChI is InChI=1S/C17H21N3OS/c1-20-12-14(11-19-20)16-8-7-15(22-16)9-10-18-17(21)13-5-3-2-4-6-13/h2-3,7-8,11-13H,4-6,9-10H2,1H3,(H,18,21). The first-order valence-corrected chi connectivity index (χ1v) is 8.54. The van der Waals surface area contributed by atoms with Crippen LogP contribution in [0.4, 0.5) is 0 Å². The lowest BCUT2D eigenvalue weighted by atomic mass is 9.94. The molecule has 1 amide bonds. The number of hydrogen-bond donors (Lipinski definition) is 1. The zero-order valence-electron chi connectivity index (χ0n) is 12.8. The fraction of sp³-hybridized carbons (Fsp3) is 0.412. The van der Waals surface area contributed by atoms with Crippen molar-refractivity contribution >= 4 is 17.2 Å². The molecule has 0 aliphatic heterocycles. The molecular formula is C17H21N3OS. The molecule has 1 atom stereocenters. The van der Waals surface area contributed by atoms with Crippen LogP contribution < -0.4 is 5.32 Å². The Balaban J connectivity index is 1.49. The molecule has 5 heteroatoms. The maximum Gasteiger partial charge on any atom is 0.223 e. The van der Waals surface area contributed by atoms with Gasteiger partial charge in [0.25, 0.3) is 0 Å². The summed E-state index contributed by atoms with van der Waals surface area (Å²) in [6.07, 6.45) is 12.0. The van der Waals surface area contributed by atoms with Crippen molar-refractivity contribution in [2.24, 2.45) is 13.0 Å². The van der Waals surface area contributed by atoms with Crippen LogP contribution in [0.1, 0.15) is 24.1 Å². The first-order valence-electron chi connectivity index (χ1n) is 7.73. The molecular weight excluding hydrogens is 294 g/mol. The number of rotatable bonds is 5. The van der Waals surface area contributed by atoms with Gasteiger partial charge in [0.2, 0.25) is 5.91 Å². The van der Waals surface area contributed by atoms with Gasteiger partial charge in [0.15, 0.2) is 0 Å². The van der Waals surface area contributed by atoms with Crippen LogP contribution in [0.5, 0.6) is 0 Å². The summed E-state index contributed by atoms with van der Waals surface area (Å²) in [6, 6.07) is 4.27. The number of aryl methyl sites for hydroxylation is 1. The van der Waals surface area contributed by atoms with Gasteiger partial charge >= 0.3 is 0 Å². The average Bonchev–Trinajstić information content (AvgIpc) is 3.17. The normalized spacial score (nSPS) is 17.6. The molecule has 1 N–H and O–H groups in total. The van der Waals surface area contributed by atoms with E-state index in [1.54, 1.807) is 11.3 Å². The Kier molecular flexibility index (Phi) is 4.73. The lowest BCUT2D eigenvalue weighted by molar-refractivity contribution is -0.125. The van der Waals surface area contributed by atoms with Crippen LogP contribution in [0.3, 0.4) is 0 Å². The Morgan fingerprint density at radius 2 is 2.36 bits per heavy atom. The molecule has 116 valence electrons. The third kappa shape index (κ3) is 3.65. The smallest absolute Gasteiger partial charge is 0.223 e. The van der Waals surface area contributed by atoms with Crippen molar-refractivity contribution in [1.82, 2.24) is 15.1 Å². The minimum Gasteiger partial charge on any atom is -0.355 e. The van der Waals surface area contributed by atoms with Gasteiger partial charge in [0.05, 0.1) is 6.20 Å². The molecule has 1 aliphatic rings. The molecule has 0 fully saturated rings. The van der Waals surface area contributed by atoms with Crippen LogP contribution in [0, 0.1) is 5.92 Å². The number of nitrogens with zero attached hydrogens (tertiary/aromatic N) is 2. The fourth-order valence-electron chi connectivity index (χ4n) is 2.70. The predicted molar refractivity (Wildman–Crippen MR) is 89.7 cm³/mol. The van der Waals surface area contributed by atoms with Gasteiger partial charge in [-0.25, -0.2) is 0 Å². The summed E-state index contributed by atoms with van der Waals surface area (Å²) >= 11 is 1.77. The van der Waals surface area contributed by atoms with Crippen LogP contribution in [0.15, 0.2) is 36.7 Å². The largest absolute Gasteiger partial charge is 0.355 e. The van der Waals surface area contributed by atoms with E-state index < -0.39 is 0 Å². The van der Waals surface area contributed by atoms with Crippen LogP contribution >= 0.6 is 11.3 Å². The Morgan fingerprint density at radius 1 is 1.45 bits per heavy atom. The van der Waals surface area contributed by atoms with E-state index in [2.05, 4.69) is 34.7 Å². The number of nitrogens with one attached hydrogen (secondary N) is 1. The molecule has 2 aromatic rings. The quantitative estimate of drug-likeness (QED) is 0.862. The van der Waals surface area contributed by atoms with E-state index in [9.17, 15) is 4.79 Å². The Bertz CT molecular complexity index is 671. The van der Waals surface area contributed by atoms with Crippen LogP contribution in [-0.4, -0.2) is 22.2 Å². The second kappa shape index (κ2) is 6.92. The van der Waals surface area contributed by atoms with Crippen molar-refractivity contribution in [3.8, 4) is 10.4 Å². The summed E-state index contributed by atoms with van der Waals surface area (Å²) in [4.78, 5) is 14.6. The lowest BCUT2D eigenvalue weighted by Crippen LogP contribution is -2.32. The summed E-state index contributed by atoms with van der Waals surface area (Å²) < 4.78 is 1.81. The zero-order chi connectivity index (χ0) is 15.4. The van der Waals surface area contributed by atoms with Gasteiger partial charge in [-0.3, -0.25) is 9.48 Å². The molecule has 2 aromatic heterocycles. The fourth-order valence-corrected chi connectivity index (χ4v) is 3.68. The Labute approximate surface area is 134 Å². The molecule has 4 nitrogen and oxygen atoms in total. The van der Waals surface area contributed by atoms with Gasteiger partial charge in [0, 0.05) is 41.0 Å². The van der Waals surface area contributed by atoms with Gasteiger partial charge in [-0.05, 0) is 37.8 Å². The monoisotopic (exact) mass is 315 g/mol. The van der Waals surface area contributed by atoms with Crippen molar-refractivity contribution < 1.29 is 4.79 Å². The van der Waals surface area contributed by atoms with Gasteiger partial charge in [-0.1, -0.05) is 12.2 Å². The Hall–Kier alpha value is -1.88. The molecule has 0 radical (unpaired) electrons. The van der Waals surface area contributed by atoms with Crippen molar-refractivity contribution in [2.45, 2.75) is 25.7 Å². The third-order valence-electron chi connectivity index (χ3n) is 3.96. The minimum absolute atomic E-state index is 0.166. The molecule has 2 heterocycles. The van der Waals surface area contributed by atoms with Gasteiger partial charge < -0.3 is 5.32 Å². The number of aromatic nitrogens is 2. The second-order valence-electron chi connectivity index (χ2n) is 5.69. The van der Waals surface area contributed by atoms with E-state index in [4.69, 9.17) is 0 Å². The van der Waals surface area contributed by atoms with Crippen molar-refractivity contribution in [3.63, 3.8) is 0 Å². The first kappa shape index (κ1) is 15.0. The first-order chi connectivity index (χ1) is 10.7. The van der Waals surface area contributed by atoms with E-state index >= 15 is 0 Å². The van der Waals surface area contributed by atoms with Crippen molar-refractivity contribution in [1.29, 1.82) is 0 Å². The summed E-state index contributed by atoms with van der Waals surface area (Å²) in [5.74, 6) is 0.368. The maximum atomic E-state index is 12.1. The third-order valence-corrected chi connectivity index (χ3v) is 5.16. The maximum absolute atomic E-state index is 12.1. The molecule has 22 heavy (non-hydrogen) atoms. The number of carbonyl (C=O) groups excluding carboxylic acids is 1. The molecule has 1 unspecified atom stereocenters. The number of hydrogen-bond acceptors (Lipinski definition) is 3. The van der Waals surface area contributed by atoms with E-state index in [1.165, 1.54) is 9.75 Å². The topological polar surface area (TPSA) is 46.9 Å². The van der Waals surface area contributed by atoms with Crippen molar-refractivity contribution in [3.05, 3.63) is 41.6 Å². The number of thiophene rings is 1. The highest BCUT2D eigenvalue weighted by Crippen LogP contribution is 2.27. The number of carbonyl (C=O) groups is 1. The van der Waals surface area contributed by atoms with Crippen LogP contribution in [-0.2, 0) is 18.3 Å². The molecule has 1 aliphatic carbocycles. The Morgan fingerprint density at radius 3 is 3.09 bits per heavy atom. The lowest BCUT2D eigenvalue weighted by Gasteiger charge is -2.16. The number of allylic oxidation sites excluding steroid dienone is 2. The van der Waals surface area contributed by atoms with Crippen molar-refractivity contribution in [2.75, 3.05) is 6.54 Å². The highest BCUT2D eigenvalue weighted by molar-refractivity contribution is 7.15. The van der Waals surface area contributed by atoms with E-state index in [0.29, 0.717) is 6.54 Å². The average molecular weight is 315 g/mol. The highest BCUT2D eigenvalue weighted by atomic mass is 32.1. The van der Waals surface area contributed by atoms with E-state index in [0.717, 1.165) is 31.2 Å². The summed E-state index contributed by atoms with van der Waals surface area (Å²) in [6.45, 7) is 0.714. The predicted octanol–water partition coefficient (Wildman–Crippen LogP) is 3.16. The summed E-state index contributed by atoms with van der Waals surface area (Å²) in [7, 11) is 1.92. The molecule has 0 saturated heterocycles. The van der Waals surface area contributed by atoms with Gasteiger partial charge in [-0.2, -0.15) is 5.10 Å². The zero-order valence-corrected chi connectivity index (χ0v) is 13.6.